The topological polar surface area (TPSA) is 108 Å². The van der Waals surface area contributed by atoms with Crippen molar-refractivity contribution in [3.63, 3.8) is 0 Å². The van der Waals surface area contributed by atoms with Crippen molar-refractivity contribution in [1.82, 2.24) is 5.32 Å². The molecule has 0 fully saturated rings. The quantitative estimate of drug-likeness (QED) is 0.0357. The number of aliphatic hydroxyl groups is 1. The Morgan fingerprint density at radius 2 is 0.778 bits per heavy atom. The highest BCUT2D eigenvalue weighted by Gasteiger charge is 2.24. The van der Waals surface area contributed by atoms with E-state index in [0.717, 1.165) is 38.5 Å². The normalized spacial score (nSPS) is 14.0. The Morgan fingerprint density at radius 1 is 0.492 bits per heavy atom. The van der Waals surface area contributed by atoms with Crippen LogP contribution in [-0.2, 0) is 18.4 Å². The van der Waals surface area contributed by atoms with Crippen LogP contribution >= 0.6 is 7.82 Å². The summed E-state index contributed by atoms with van der Waals surface area (Å²) in [5, 5.41) is 14.0. The molecule has 0 aliphatic carbocycles. The predicted octanol–water partition coefficient (Wildman–Crippen LogP) is 15.9. The van der Waals surface area contributed by atoms with Crippen LogP contribution in [0.15, 0.2) is 0 Å². The van der Waals surface area contributed by atoms with Gasteiger partial charge in [0.15, 0.2) is 0 Å². The lowest BCUT2D eigenvalue weighted by Crippen LogP contribution is -2.46. The van der Waals surface area contributed by atoms with E-state index in [1.807, 2.05) is 21.1 Å². The number of unbranched alkanes of at least 4 members (excludes halogenated alkanes) is 39. The van der Waals surface area contributed by atoms with Gasteiger partial charge in [-0.2, -0.15) is 0 Å². The molecule has 0 aliphatic heterocycles. The number of aliphatic hydroxyl groups excluding tert-OH is 1. The van der Waals surface area contributed by atoms with Gasteiger partial charge in [-0.1, -0.05) is 271 Å². The third-order valence-electron chi connectivity index (χ3n) is 13.1. The average Bonchev–Trinajstić information content (AvgIpc) is 3.24. The van der Waals surface area contributed by atoms with E-state index in [0.29, 0.717) is 23.9 Å². The van der Waals surface area contributed by atoms with E-state index in [-0.39, 0.29) is 19.1 Å². The van der Waals surface area contributed by atoms with E-state index in [1.54, 1.807) is 0 Å². The Hall–Kier alpha value is -0.500. The lowest BCUT2D eigenvalue weighted by Gasteiger charge is -2.30. The molecule has 1 amide bonds. The molecule has 8 nitrogen and oxygen atoms in total. The Morgan fingerprint density at radius 3 is 1.08 bits per heavy atom. The lowest BCUT2D eigenvalue weighted by molar-refractivity contribution is -0.870. The molecular formula is C54H111N2O6P. The summed E-state index contributed by atoms with van der Waals surface area (Å²) in [6.07, 6.45) is 54.1. The second-order valence-corrected chi connectivity index (χ2v) is 22.1. The Balaban J connectivity index is 4.15. The van der Waals surface area contributed by atoms with Crippen LogP contribution in [0.3, 0.4) is 0 Å². The van der Waals surface area contributed by atoms with Gasteiger partial charge in [0.1, 0.15) is 13.2 Å². The molecule has 0 aliphatic rings. The highest BCUT2D eigenvalue weighted by molar-refractivity contribution is 7.45. The minimum absolute atomic E-state index is 0.0166. The van der Waals surface area contributed by atoms with Crippen LogP contribution in [0.25, 0.3) is 0 Å². The summed E-state index contributed by atoms with van der Waals surface area (Å²) >= 11 is 0. The van der Waals surface area contributed by atoms with E-state index >= 15 is 0 Å². The third kappa shape index (κ3) is 49.2. The number of hydrogen-bond acceptors (Lipinski definition) is 6. The second kappa shape index (κ2) is 46.6. The fourth-order valence-corrected chi connectivity index (χ4v) is 9.41. The van der Waals surface area contributed by atoms with Crippen molar-refractivity contribution >= 4 is 13.7 Å². The van der Waals surface area contributed by atoms with Crippen molar-refractivity contribution in [2.45, 2.75) is 302 Å². The Kier molecular flexibility index (Phi) is 46.2. The van der Waals surface area contributed by atoms with E-state index in [2.05, 4.69) is 19.2 Å². The first kappa shape index (κ1) is 62.5. The van der Waals surface area contributed by atoms with Gasteiger partial charge in [0.25, 0.3) is 7.82 Å². The molecular weight excluding hydrogens is 804 g/mol. The number of amides is 1. The molecule has 63 heavy (non-hydrogen) atoms. The van der Waals surface area contributed by atoms with Crippen LogP contribution in [0.4, 0.5) is 0 Å². The Bertz CT molecular complexity index is 994. The van der Waals surface area contributed by atoms with Gasteiger partial charge in [-0.25, -0.2) is 0 Å². The van der Waals surface area contributed by atoms with Crippen molar-refractivity contribution in [1.29, 1.82) is 0 Å². The Labute approximate surface area is 393 Å². The van der Waals surface area contributed by atoms with Crippen LogP contribution in [0.2, 0.25) is 0 Å². The van der Waals surface area contributed by atoms with E-state index in [1.165, 1.54) is 225 Å². The number of nitrogens with one attached hydrogen (secondary N) is 1. The van der Waals surface area contributed by atoms with Crippen LogP contribution in [0, 0.1) is 0 Å². The lowest BCUT2D eigenvalue weighted by atomic mass is 10.0. The first-order valence-corrected chi connectivity index (χ1v) is 29.3. The molecule has 3 unspecified atom stereocenters. The number of hydrogen-bond donors (Lipinski definition) is 2. The number of likely N-dealkylation sites (N-methyl/N-ethyl adjacent to an activating group) is 1. The minimum Gasteiger partial charge on any atom is -0.756 e. The zero-order valence-electron chi connectivity index (χ0n) is 43.1. The summed E-state index contributed by atoms with van der Waals surface area (Å²) in [7, 11) is 1.32. The molecule has 2 N–H and O–H groups in total. The molecule has 0 spiro atoms. The van der Waals surface area contributed by atoms with Gasteiger partial charge in [-0.05, 0) is 12.8 Å². The van der Waals surface area contributed by atoms with Gasteiger partial charge in [0.05, 0.1) is 39.9 Å². The SMILES string of the molecule is CCCCCCCCCCCCCCCCCCCCCCCCCC(O)C(COP(=O)([O-])OCC[N+](C)(C)C)NC(=O)CCCCCCCCCCCCCCCCCCCC. The first-order valence-electron chi connectivity index (χ1n) is 27.9. The molecule has 0 saturated carbocycles. The highest BCUT2D eigenvalue weighted by atomic mass is 31.2. The van der Waals surface area contributed by atoms with Crippen molar-refractivity contribution in [2.75, 3.05) is 40.9 Å². The molecule has 9 heteroatoms. The standard InChI is InChI=1S/C54H111N2O6P/c1-6-8-10-12-14-16-18-20-22-24-26-27-28-29-30-31-33-35-37-39-41-43-45-47-53(57)52(51-62-63(59,60)61-50-49-56(3,4)5)55-54(58)48-46-44-42-40-38-36-34-32-25-23-21-19-17-15-13-11-9-7-2/h52-53,57H,6-51H2,1-5H3,(H-,55,58,59,60). The zero-order chi connectivity index (χ0) is 46.4. The summed E-state index contributed by atoms with van der Waals surface area (Å²) in [6.45, 7) is 4.77. The maximum atomic E-state index is 13.0. The van der Waals surface area contributed by atoms with E-state index < -0.39 is 20.0 Å². The van der Waals surface area contributed by atoms with Gasteiger partial charge < -0.3 is 28.8 Å². The molecule has 0 aromatic rings. The third-order valence-corrected chi connectivity index (χ3v) is 14.1. The maximum absolute atomic E-state index is 13.0. The first-order chi connectivity index (χ1) is 30.5. The van der Waals surface area contributed by atoms with Gasteiger partial charge in [-0.3, -0.25) is 9.36 Å². The van der Waals surface area contributed by atoms with Gasteiger partial charge >= 0.3 is 0 Å². The predicted molar refractivity (Wildman–Crippen MR) is 270 cm³/mol. The van der Waals surface area contributed by atoms with Crippen LogP contribution in [-0.4, -0.2) is 68.5 Å². The minimum atomic E-state index is -4.57. The summed E-state index contributed by atoms with van der Waals surface area (Å²) in [5.41, 5.74) is 0. The molecule has 0 bridgehead atoms. The number of phosphoric ester groups is 1. The summed E-state index contributed by atoms with van der Waals surface area (Å²) in [5.74, 6) is -0.157. The van der Waals surface area contributed by atoms with Crippen molar-refractivity contribution in [3.8, 4) is 0 Å². The van der Waals surface area contributed by atoms with Crippen LogP contribution < -0.4 is 10.2 Å². The number of carbonyl (C=O) groups is 1. The number of nitrogens with zero attached hydrogens (tertiary/aromatic N) is 1. The highest BCUT2D eigenvalue weighted by Crippen LogP contribution is 2.38. The molecule has 0 aromatic carbocycles. The smallest absolute Gasteiger partial charge is 0.268 e. The zero-order valence-corrected chi connectivity index (χ0v) is 44.0. The number of rotatable bonds is 52. The molecule has 0 heterocycles. The van der Waals surface area contributed by atoms with Gasteiger partial charge in [-0.15, -0.1) is 0 Å². The van der Waals surface area contributed by atoms with Gasteiger partial charge in [0, 0.05) is 6.42 Å². The molecule has 0 radical (unpaired) electrons. The number of carbonyl (C=O) groups excluding carboxylic acids is 1. The number of phosphoric acid groups is 1. The molecule has 0 rings (SSSR count). The molecule has 0 aromatic heterocycles. The average molecular weight is 915 g/mol. The summed E-state index contributed by atoms with van der Waals surface area (Å²) in [6, 6.07) is -0.794. The van der Waals surface area contributed by atoms with E-state index in [9.17, 15) is 19.4 Å². The molecule has 0 saturated heterocycles. The van der Waals surface area contributed by atoms with Crippen molar-refractivity contribution in [3.05, 3.63) is 0 Å². The fourth-order valence-electron chi connectivity index (χ4n) is 8.69. The van der Waals surface area contributed by atoms with Crippen molar-refractivity contribution in [2.24, 2.45) is 0 Å². The maximum Gasteiger partial charge on any atom is 0.268 e. The van der Waals surface area contributed by atoms with Crippen LogP contribution in [0.1, 0.15) is 290 Å². The fraction of sp³-hybridized carbons (Fsp3) is 0.981. The largest absolute Gasteiger partial charge is 0.756 e. The molecule has 3 atom stereocenters. The second-order valence-electron chi connectivity index (χ2n) is 20.7. The van der Waals surface area contributed by atoms with Crippen LogP contribution in [0.5, 0.6) is 0 Å². The monoisotopic (exact) mass is 915 g/mol. The summed E-state index contributed by atoms with van der Waals surface area (Å²) < 4.78 is 23.4. The van der Waals surface area contributed by atoms with E-state index in [4.69, 9.17) is 9.05 Å². The van der Waals surface area contributed by atoms with Crippen molar-refractivity contribution < 1.29 is 32.9 Å². The number of quaternary nitrogens is 1. The molecule has 378 valence electrons. The van der Waals surface area contributed by atoms with Gasteiger partial charge in [0.2, 0.25) is 5.91 Å². The summed E-state index contributed by atoms with van der Waals surface area (Å²) in [4.78, 5) is 25.5.